The summed E-state index contributed by atoms with van der Waals surface area (Å²) in [7, 11) is 1.44. The Labute approximate surface area is 199 Å². The summed E-state index contributed by atoms with van der Waals surface area (Å²) in [6, 6.07) is 8.67. The van der Waals surface area contributed by atoms with Crippen molar-refractivity contribution < 1.29 is 38.2 Å². The van der Waals surface area contributed by atoms with E-state index in [2.05, 4.69) is 16.0 Å². The van der Waals surface area contributed by atoms with Gasteiger partial charge in [0.2, 0.25) is 0 Å². The zero-order chi connectivity index (χ0) is 25.1. The Kier molecular flexibility index (Phi) is 10.0. The Morgan fingerprint density at radius 1 is 0.971 bits per heavy atom. The average Bonchev–Trinajstić information content (AvgIpc) is 3.15. The van der Waals surface area contributed by atoms with E-state index in [1.165, 1.54) is 7.05 Å². The number of anilines is 1. The highest BCUT2D eigenvalue weighted by molar-refractivity contribution is 7.18. The molecular formula is C22H25N3O8S. The number of benzene rings is 1. The number of amides is 3. The van der Waals surface area contributed by atoms with Gasteiger partial charge in [0.15, 0.2) is 13.2 Å². The standard InChI is InChI=1S/C22H25N3O8S/c1-4-31-22(30)18-13(2)19(20(29)23-3)34-21(18)25-16(27)12-33-17(28)10-24-15(26)11-32-14-8-6-5-7-9-14/h5-9H,4,10-12H2,1-3H3,(H,23,29)(H,24,26)(H,25,27). The molecular weight excluding hydrogens is 466 g/mol. The number of nitrogens with one attached hydrogen (secondary N) is 3. The number of carbonyl (C=O) groups is 5. The summed E-state index contributed by atoms with van der Waals surface area (Å²) in [5.41, 5.74) is 0.409. The average molecular weight is 492 g/mol. The minimum absolute atomic E-state index is 0.0517. The van der Waals surface area contributed by atoms with Crippen LogP contribution in [-0.4, -0.2) is 63.1 Å². The van der Waals surface area contributed by atoms with Crippen molar-refractivity contribution in [3.63, 3.8) is 0 Å². The second-order valence-corrected chi connectivity index (χ2v) is 7.67. The summed E-state index contributed by atoms with van der Waals surface area (Å²) in [6.45, 7) is 1.88. The van der Waals surface area contributed by atoms with Crippen LogP contribution >= 0.6 is 11.3 Å². The van der Waals surface area contributed by atoms with Crippen LogP contribution in [0.4, 0.5) is 5.00 Å². The molecule has 0 unspecified atom stereocenters. The molecule has 3 N–H and O–H groups in total. The predicted octanol–water partition coefficient (Wildman–Crippen LogP) is 1.27. The quantitative estimate of drug-likeness (QED) is 0.398. The molecule has 3 amide bonds. The van der Waals surface area contributed by atoms with Gasteiger partial charge in [-0.3, -0.25) is 19.2 Å². The number of hydrogen-bond donors (Lipinski definition) is 3. The third-order valence-electron chi connectivity index (χ3n) is 4.22. The number of thiophene rings is 1. The van der Waals surface area contributed by atoms with Gasteiger partial charge in [0.05, 0.1) is 17.0 Å². The molecule has 0 spiro atoms. The maximum Gasteiger partial charge on any atom is 0.341 e. The number of ether oxygens (including phenoxy) is 3. The lowest BCUT2D eigenvalue weighted by atomic mass is 10.1. The monoisotopic (exact) mass is 491 g/mol. The van der Waals surface area contributed by atoms with Gasteiger partial charge in [-0.2, -0.15) is 0 Å². The van der Waals surface area contributed by atoms with Crippen molar-refractivity contribution in [2.45, 2.75) is 13.8 Å². The Morgan fingerprint density at radius 2 is 1.68 bits per heavy atom. The van der Waals surface area contributed by atoms with E-state index in [-0.39, 0.29) is 28.7 Å². The Balaban J connectivity index is 1.86. The van der Waals surface area contributed by atoms with Crippen LogP contribution in [0.5, 0.6) is 5.75 Å². The molecule has 1 aromatic heterocycles. The van der Waals surface area contributed by atoms with Gasteiger partial charge in [-0.15, -0.1) is 11.3 Å². The molecule has 11 nitrogen and oxygen atoms in total. The van der Waals surface area contributed by atoms with Crippen LogP contribution in [0.2, 0.25) is 0 Å². The van der Waals surface area contributed by atoms with Crippen molar-refractivity contribution in [2.24, 2.45) is 0 Å². The molecule has 0 saturated heterocycles. The number of carbonyl (C=O) groups excluding carboxylic acids is 5. The Bertz CT molecular complexity index is 1050. The molecule has 0 radical (unpaired) electrons. The van der Waals surface area contributed by atoms with Gasteiger partial charge in [0.1, 0.15) is 17.3 Å². The largest absolute Gasteiger partial charge is 0.484 e. The lowest BCUT2D eigenvalue weighted by Crippen LogP contribution is -2.35. The summed E-state index contributed by atoms with van der Waals surface area (Å²) >= 11 is 0.897. The molecule has 34 heavy (non-hydrogen) atoms. The molecule has 1 aromatic carbocycles. The summed E-state index contributed by atoms with van der Waals surface area (Å²) in [5, 5.41) is 7.34. The van der Waals surface area contributed by atoms with Gasteiger partial charge >= 0.3 is 11.9 Å². The van der Waals surface area contributed by atoms with E-state index in [9.17, 15) is 24.0 Å². The Hall–Kier alpha value is -3.93. The molecule has 0 aliphatic heterocycles. The molecule has 2 rings (SSSR count). The van der Waals surface area contributed by atoms with E-state index in [1.54, 1.807) is 44.2 Å². The summed E-state index contributed by atoms with van der Waals surface area (Å²) < 4.78 is 15.1. The third kappa shape index (κ3) is 7.59. The molecule has 0 fully saturated rings. The topological polar surface area (TPSA) is 149 Å². The van der Waals surface area contributed by atoms with Gasteiger partial charge in [-0.1, -0.05) is 18.2 Å². The maximum absolute atomic E-state index is 12.3. The molecule has 12 heteroatoms. The highest BCUT2D eigenvalue weighted by Crippen LogP contribution is 2.33. The van der Waals surface area contributed by atoms with Crippen LogP contribution in [0, 0.1) is 6.92 Å². The van der Waals surface area contributed by atoms with Crippen molar-refractivity contribution in [1.82, 2.24) is 10.6 Å². The minimum Gasteiger partial charge on any atom is -0.484 e. The number of para-hydroxylation sites is 1. The van der Waals surface area contributed by atoms with Crippen molar-refractivity contribution in [3.05, 3.63) is 46.3 Å². The van der Waals surface area contributed by atoms with Crippen LogP contribution in [0.3, 0.4) is 0 Å². The molecule has 0 aliphatic rings. The van der Waals surface area contributed by atoms with Crippen molar-refractivity contribution in [1.29, 1.82) is 0 Å². The van der Waals surface area contributed by atoms with Crippen LogP contribution in [0.15, 0.2) is 30.3 Å². The smallest absolute Gasteiger partial charge is 0.341 e. The molecule has 0 aliphatic carbocycles. The molecule has 182 valence electrons. The third-order valence-corrected chi connectivity index (χ3v) is 5.43. The highest BCUT2D eigenvalue weighted by atomic mass is 32.1. The normalized spacial score (nSPS) is 10.1. The summed E-state index contributed by atoms with van der Waals surface area (Å²) in [4.78, 5) is 60.5. The van der Waals surface area contributed by atoms with Gasteiger partial charge in [-0.05, 0) is 31.5 Å². The van der Waals surface area contributed by atoms with E-state index >= 15 is 0 Å². The second kappa shape index (κ2) is 12.9. The number of rotatable bonds is 11. The van der Waals surface area contributed by atoms with Gasteiger partial charge < -0.3 is 30.2 Å². The first-order valence-corrected chi connectivity index (χ1v) is 11.0. The van der Waals surface area contributed by atoms with E-state index in [1.807, 2.05) is 0 Å². The number of hydrogen-bond acceptors (Lipinski definition) is 9. The lowest BCUT2D eigenvalue weighted by molar-refractivity contribution is -0.147. The van der Waals surface area contributed by atoms with E-state index < -0.39 is 42.8 Å². The first-order chi connectivity index (χ1) is 16.3. The fourth-order valence-electron chi connectivity index (χ4n) is 2.63. The highest BCUT2D eigenvalue weighted by Gasteiger charge is 2.26. The van der Waals surface area contributed by atoms with Crippen molar-refractivity contribution in [3.8, 4) is 5.75 Å². The first kappa shape index (κ1) is 26.3. The van der Waals surface area contributed by atoms with Crippen LogP contribution < -0.4 is 20.7 Å². The van der Waals surface area contributed by atoms with Gasteiger partial charge in [0, 0.05) is 7.05 Å². The SMILES string of the molecule is CCOC(=O)c1c(NC(=O)COC(=O)CNC(=O)COc2ccccc2)sc(C(=O)NC)c1C. The lowest BCUT2D eigenvalue weighted by Gasteiger charge is -2.09. The van der Waals surface area contributed by atoms with Crippen LogP contribution in [0.1, 0.15) is 32.5 Å². The van der Waals surface area contributed by atoms with Crippen molar-refractivity contribution in [2.75, 3.05) is 38.7 Å². The van der Waals surface area contributed by atoms with Crippen LogP contribution in [-0.2, 0) is 23.9 Å². The Morgan fingerprint density at radius 3 is 2.32 bits per heavy atom. The fraction of sp³-hybridized carbons (Fsp3) is 0.318. The summed E-state index contributed by atoms with van der Waals surface area (Å²) in [5.74, 6) is -2.74. The molecule has 0 atom stereocenters. The van der Waals surface area contributed by atoms with E-state index in [4.69, 9.17) is 14.2 Å². The molecule has 0 saturated carbocycles. The molecule has 2 aromatic rings. The predicted molar refractivity (Wildman–Crippen MR) is 123 cm³/mol. The maximum atomic E-state index is 12.3. The minimum atomic E-state index is -0.845. The zero-order valence-corrected chi connectivity index (χ0v) is 19.7. The zero-order valence-electron chi connectivity index (χ0n) is 18.9. The van der Waals surface area contributed by atoms with E-state index in [0.29, 0.717) is 11.3 Å². The van der Waals surface area contributed by atoms with Gasteiger partial charge in [-0.25, -0.2) is 4.79 Å². The number of esters is 2. The van der Waals surface area contributed by atoms with Crippen LogP contribution in [0.25, 0.3) is 0 Å². The van der Waals surface area contributed by atoms with E-state index in [0.717, 1.165) is 11.3 Å². The fourth-order valence-corrected chi connectivity index (χ4v) is 3.79. The summed E-state index contributed by atoms with van der Waals surface area (Å²) in [6.07, 6.45) is 0. The van der Waals surface area contributed by atoms with Gasteiger partial charge in [0.25, 0.3) is 17.7 Å². The molecule has 0 bridgehead atoms. The first-order valence-electron chi connectivity index (χ1n) is 10.2. The molecule has 1 heterocycles. The van der Waals surface area contributed by atoms with Crippen molar-refractivity contribution >= 4 is 46.0 Å². The second-order valence-electron chi connectivity index (χ2n) is 6.65.